The van der Waals surface area contributed by atoms with Gasteiger partial charge in [-0.25, -0.2) is 0 Å². The smallest absolute Gasteiger partial charge is 0.220 e. The second-order valence-electron chi connectivity index (χ2n) is 4.88. The number of amides is 2. The second-order valence-corrected chi connectivity index (χ2v) is 4.88. The van der Waals surface area contributed by atoms with Crippen LogP contribution in [0.4, 0.5) is 0 Å². The molecule has 7 nitrogen and oxygen atoms in total. The van der Waals surface area contributed by atoms with Crippen molar-refractivity contribution < 1.29 is 23.9 Å². The zero-order chi connectivity index (χ0) is 17.0. The molecule has 0 aromatic rings. The van der Waals surface area contributed by atoms with Crippen LogP contribution in [0.15, 0.2) is 0 Å². The molecular formula is C15H28N2O5. The lowest BCUT2D eigenvalue weighted by Crippen LogP contribution is -2.46. The first-order valence-electron chi connectivity index (χ1n) is 7.70. The molecule has 0 heterocycles. The van der Waals surface area contributed by atoms with Crippen LogP contribution in [0.1, 0.15) is 47.0 Å². The number of unbranched alkanes of at least 4 members (excludes halogenated alkanes) is 1. The lowest BCUT2D eigenvalue weighted by Gasteiger charge is -2.22. The molecule has 0 aromatic heterocycles. The van der Waals surface area contributed by atoms with E-state index in [2.05, 4.69) is 10.6 Å². The fourth-order valence-corrected chi connectivity index (χ4v) is 1.95. The number of nitrogens with one attached hydrogen (secondary N) is 2. The minimum atomic E-state index is -0.956. The Labute approximate surface area is 132 Å². The lowest BCUT2D eigenvalue weighted by molar-refractivity contribution is -0.170. The summed E-state index contributed by atoms with van der Waals surface area (Å²) >= 11 is 0. The minimum Gasteiger partial charge on any atom is -0.356 e. The zero-order valence-electron chi connectivity index (χ0n) is 13.9. The van der Waals surface area contributed by atoms with E-state index >= 15 is 0 Å². The summed E-state index contributed by atoms with van der Waals surface area (Å²) in [6.45, 7) is 7.64. The first kappa shape index (κ1) is 20.5. The molecule has 0 spiro atoms. The van der Waals surface area contributed by atoms with Crippen LogP contribution in [0, 0.1) is 0 Å². The van der Waals surface area contributed by atoms with Crippen LogP contribution < -0.4 is 10.6 Å². The van der Waals surface area contributed by atoms with Crippen LogP contribution in [0.2, 0.25) is 0 Å². The van der Waals surface area contributed by atoms with Gasteiger partial charge >= 0.3 is 0 Å². The third-order valence-corrected chi connectivity index (χ3v) is 2.88. The van der Waals surface area contributed by atoms with E-state index in [1.807, 2.05) is 0 Å². The Kier molecular flexibility index (Phi) is 11.3. The van der Waals surface area contributed by atoms with Crippen molar-refractivity contribution >= 4 is 17.6 Å². The van der Waals surface area contributed by atoms with Gasteiger partial charge in [-0.3, -0.25) is 14.4 Å². The molecule has 1 atom stereocenters. The number of carbonyl (C=O) groups excluding carboxylic acids is 3. The molecular weight excluding hydrogens is 288 g/mol. The monoisotopic (exact) mass is 316 g/mol. The maximum Gasteiger partial charge on any atom is 0.220 e. The van der Waals surface area contributed by atoms with Gasteiger partial charge in [0.15, 0.2) is 0 Å². The highest BCUT2D eigenvalue weighted by Crippen LogP contribution is 2.08. The van der Waals surface area contributed by atoms with Crippen molar-refractivity contribution in [3.05, 3.63) is 0 Å². The largest absolute Gasteiger partial charge is 0.356 e. The van der Waals surface area contributed by atoms with Gasteiger partial charge in [0.2, 0.25) is 23.9 Å². The van der Waals surface area contributed by atoms with Crippen molar-refractivity contribution in [2.75, 3.05) is 19.8 Å². The molecule has 0 aliphatic heterocycles. The van der Waals surface area contributed by atoms with E-state index in [0.29, 0.717) is 32.6 Å². The maximum atomic E-state index is 12.4. The van der Waals surface area contributed by atoms with Gasteiger partial charge in [0.1, 0.15) is 0 Å². The molecule has 0 saturated heterocycles. The van der Waals surface area contributed by atoms with E-state index in [9.17, 15) is 14.4 Å². The SMILES string of the molecule is CCOC(OCC)C(=O)C(CCCCNC(C)=O)NC(C)=O. The van der Waals surface area contributed by atoms with Crippen LogP contribution in [0.5, 0.6) is 0 Å². The van der Waals surface area contributed by atoms with Crippen LogP contribution >= 0.6 is 0 Å². The maximum absolute atomic E-state index is 12.4. The summed E-state index contributed by atoms with van der Waals surface area (Å²) in [6, 6.07) is -0.641. The molecule has 1 unspecified atom stereocenters. The number of Topliss-reactive ketones (excluding diaryl/α,β-unsaturated/α-hetero) is 1. The Balaban J connectivity index is 4.49. The van der Waals surface area contributed by atoms with Gasteiger partial charge < -0.3 is 20.1 Å². The van der Waals surface area contributed by atoms with Crippen molar-refractivity contribution in [3.63, 3.8) is 0 Å². The fraction of sp³-hybridized carbons (Fsp3) is 0.800. The van der Waals surface area contributed by atoms with Crippen molar-refractivity contribution in [2.45, 2.75) is 59.3 Å². The number of ketones is 1. The van der Waals surface area contributed by atoms with Gasteiger partial charge in [0.25, 0.3) is 0 Å². The van der Waals surface area contributed by atoms with Crippen molar-refractivity contribution in [1.82, 2.24) is 10.6 Å². The Morgan fingerprint density at radius 2 is 1.55 bits per heavy atom. The first-order valence-corrected chi connectivity index (χ1v) is 7.70. The second kappa shape index (κ2) is 12.1. The van der Waals surface area contributed by atoms with E-state index in [1.165, 1.54) is 13.8 Å². The Morgan fingerprint density at radius 1 is 0.955 bits per heavy atom. The van der Waals surface area contributed by atoms with Crippen molar-refractivity contribution in [1.29, 1.82) is 0 Å². The van der Waals surface area contributed by atoms with Crippen molar-refractivity contribution in [3.8, 4) is 0 Å². The lowest BCUT2D eigenvalue weighted by atomic mass is 10.0. The summed E-state index contributed by atoms with van der Waals surface area (Å²) in [6.07, 6.45) is 0.954. The average molecular weight is 316 g/mol. The summed E-state index contributed by atoms with van der Waals surface area (Å²) in [5.74, 6) is -0.632. The number of hydrogen-bond acceptors (Lipinski definition) is 5. The highest BCUT2D eigenvalue weighted by molar-refractivity contribution is 5.90. The zero-order valence-corrected chi connectivity index (χ0v) is 13.9. The Bertz CT molecular complexity index is 354. The molecule has 22 heavy (non-hydrogen) atoms. The van der Waals surface area contributed by atoms with Gasteiger partial charge in [-0.15, -0.1) is 0 Å². The molecule has 0 fully saturated rings. The number of ether oxygens (including phenoxy) is 2. The van der Waals surface area contributed by atoms with E-state index in [-0.39, 0.29) is 17.6 Å². The van der Waals surface area contributed by atoms with E-state index < -0.39 is 12.3 Å². The standard InChI is InChI=1S/C15H28N2O5/c1-5-21-15(22-6-2)14(20)13(17-12(4)19)9-7-8-10-16-11(3)18/h13,15H,5-10H2,1-4H3,(H,16,18)(H,17,19). The summed E-state index contributed by atoms with van der Waals surface area (Å²) in [4.78, 5) is 34.4. The quantitative estimate of drug-likeness (QED) is 0.410. The summed E-state index contributed by atoms with van der Waals surface area (Å²) in [7, 11) is 0. The number of carbonyl (C=O) groups is 3. The molecule has 7 heteroatoms. The molecule has 0 bridgehead atoms. The molecule has 128 valence electrons. The average Bonchev–Trinajstić information content (AvgIpc) is 2.44. The molecule has 0 saturated carbocycles. The number of rotatable bonds is 12. The third-order valence-electron chi connectivity index (χ3n) is 2.88. The molecule has 0 aliphatic rings. The predicted octanol–water partition coefficient (Wildman–Crippen LogP) is 0.766. The van der Waals surface area contributed by atoms with Gasteiger partial charge in [-0.1, -0.05) is 0 Å². The van der Waals surface area contributed by atoms with E-state index in [4.69, 9.17) is 9.47 Å². The number of hydrogen-bond donors (Lipinski definition) is 2. The summed E-state index contributed by atoms with van der Waals surface area (Å²) in [5.41, 5.74) is 0. The molecule has 2 amide bonds. The van der Waals surface area contributed by atoms with Crippen LogP contribution in [0.3, 0.4) is 0 Å². The molecule has 0 aromatic carbocycles. The van der Waals surface area contributed by atoms with E-state index in [1.54, 1.807) is 13.8 Å². The first-order chi connectivity index (χ1) is 10.4. The highest BCUT2D eigenvalue weighted by atomic mass is 16.7. The minimum absolute atomic E-state index is 0.0813. The highest BCUT2D eigenvalue weighted by Gasteiger charge is 2.28. The van der Waals surface area contributed by atoms with Crippen LogP contribution in [0.25, 0.3) is 0 Å². The van der Waals surface area contributed by atoms with E-state index in [0.717, 1.165) is 6.42 Å². The third kappa shape index (κ3) is 9.46. The normalized spacial score (nSPS) is 12.0. The molecule has 0 rings (SSSR count). The van der Waals surface area contributed by atoms with Gasteiger partial charge in [0, 0.05) is 33.6 Å². The van der Waals surface area contributed by atoms with Gasteiger partial charge in [-0.2, -0.15) is 0 Å². The van der Waals surface area contributed by atoms with Crippen LogP contribution in [-0.4, -0.2) is 49.7 Å². The van der Waals surface area contributed by atoms with Gasteiger partial charge in [0.05, 0.1) is 6.04 Å². The Hall–Kier alpha value is -1.47. The van der Waals surface area contributed by atoms with Crippen molar-refractivity contribution in [2.24, 2.45) is 0 Å². The summed E-state index contributed by atoms with van der Waals surface area (Å²) < 4.78 is 10.6. The topological polar surface area (TPSA) is 93.7 Å². The molecule has 0 aliphatic carbocycles. The van der Waals surface area contributed by atoms with Crippen LogP contribution in [-0.2, 0) is 23.9 Å². The predicted molar refractivity (Wildman–Crippen MR) is 82.2 cm³/mol. The van der Waals surface area contributed by atoms with Gasteiger partial charge in [-0.05, 0) is 33.1 Å². The molecule has 0 radical (unpaired) electrons. The Morgan fingerprint density at radius 3 is 2.00 bits per heavy atom. The summed E-state index contributed by atoms with van der Waals surface area (Å²) in [5, 5.41) is 5.33. The molecule has 2 N–H and O–H groups in total. The fourth-order valence-electron chi connectivity index (χ4n) is 1.95.